The molecule has 102 valence electrons. The number of hydrogen-bond donors (Lipinski definition) is 1. The first-order chi connectivity index (χ1) is 8.69. The Kier molecular flexibility index (Phi) is 3.32. The monoisotopic (exact) mass is 253 g/mol. The molecule has 0 aromatic heterocycles. The first-order valence-electron chi connectivity index (χ1n) is 7.30. The Bertz CT molecular complexity index is 327. The Hall–Kier alpha value is -0.610. The van der Waals surface area contributed by atoms with Crippen molar-refractivity contribution in [3.8, 4) is 0 Å². The highest BCUT2D eigenvalue weighted by Gasteiger charge is 2.45. The summed E-state index contributed by atoms with van der Waals surface area (Å²) in [6.07, 6.45) is 8.44. The van der Waals surface area contributed by atoms with Crippen molar-refractivity contribution < 1.29 is 14.6 Å². The van der Waals surface area contributed by atoms with Gasteiger partial charge in [-0.15, -0.1) is 0 Å². The van der Waals surface area contributed by atoms with Gasteiger partial charge in [-0.1, -0.05) is 0 Å². The summed E-state index contributed by atoms with van der Waals surface area (Å²) in [7, 11) is 0. The zero-order chi connectivity index (χ0) is 12.6. The molecule has 18 heavy (non-hydrogen) atoms. The van der Waals surface area contributed by atoms with E-state index in [9.17, 15) is 4.79 Å². The number of carboxylic acids is 1. The summed E-state index contributed by atoms with van der Waals surface area (Å²) >= 11 is 0. The maximum atomic E-state index is 10.9. The lowest BCUT2D eigenvalue weighted by Gasteiger charge is -2.49. The third-order valence-electron chi connectivity index (χ3n) is 5.03. The van der Waals surface area contributed by atoms with Crippen molar-refractivity contribution in [2.24, 2.45) is 0 Å². The van der Waals surface area contributed by atoms with Crippen LogP contribution in [0.2, 0.25) is 0 Å². The summed E-state index contributed by atoms with van der Waals surface area (Å²) in [5.74, 6) is -0.655. The van der Waals surface area contributed by atoms with Crippen LogP contribution >= 0.6 is 0 Å². The van der Waals surface area contributed by atoms with Crippen LogP contribution in [-0.2, 0) is 9.53 Å². The number of nitrogens with zero attached hydrogens (tertiary/aromatic N) is 1. The lowest BCUT2D eigenvalue weighted by atomic mass is 9.73. The number of carbonyl (C=O) groups is 1. The van der Waals surface area contributed by atoms with Crippen molar-refractivity contribution in [1.82, 2.24) is 4.90 Å². The maximum absolute atomic E-state index is 10.9. The van der Waals surface area contributed by atoms with Crippen LogP contribution in [0.25, 0.3) is 0 Å². The van der Waals surface area contributed by atoms with E-state index in [4.69, 9.17) is 9.84 Å². The Balaban J connectivity index is 1.64. The van der Waals surface area contributed by atoms with Crippen LogP contribution in [0.5, 0.6) is 0 Å². The molecule has 0 radical (unpaired) electrons. The van der Waals surface area contributed by atoms with Gasteiger partial charge in [0.15, 0.2) is 0 Å². The minimum absolute atomic E-state index is 0.166. The number of rotatable bonds is 3. The molecule has 2 saturated heterocycles. The van der Waals surface area contributed by atoms with Crippen molar-refractivity contribution in [2.75, 3.05) is 13.2 Å². The van der Waals surface area contributed by atoms with Crippen LogP contribution in [0.1, 0.15) is 51.4 Å². The van der Waals surface area contributed by atoms with Gasteiger partial charge < -0.3 is 9.84 Å². The fourth-order valence-electron chi connectivity index (χ4n) is 3.96. The van der Waals surface area contributed by atoms with Crippen molar-refractivity contribution >= 4 is 5.97 Å². The van der Waals surface area contributed by atoms with Gasteiger partial charge in [-0.05, 0) is 51.5 Å². The topological polar surface area (TPSA) is 49.8 Å². The molecule has 1 aliphatic carbocycles. The molecular weight excluding hydrogens is 230 g/mol. The summed E-state index contributed by atoms with van der Waals surface area (Å²) in [6.45, 7) is 1.94. The van der Waals surface area contributed by atoms with Gasteiger partial charge in [0, 0.05) is 18.7 Å². The molecule has 4 heteroatoms. The van der Waals surface area contributed by atoms with Gasteiger partial charge in [0.05, 0.1) is 12.0 Å². The molecule has 2 atom stereocenters. The fourth-order valence-corrected chi connectivity index (χ4v) is 3.96. The molecule has 3 rings (SSSR count). The second-order valence-corrected chi connectivity index (χ2v) is 6.16. The highest BCUT2D eigenvalue weighted by Crippen LogP contribution is 2.44. The second-order valence-electron chi connectivity index (χ2n) is 6.16. The Morgan fingerprint density at radius 2 is 2.17 bits per heavy atom. The van der Waals surface area contributed by atoms with Crippen LogP contribution in [0.3, 0.4) is 0 Å². The molecule has 1 spiro atoms. The Morgan fingerprint density at radius 1 is 1.33 bits per heavy atom. The molecule has 2 aliphatic heterocycles. The number of ether oxygens (including phenoxy) is 1. The number of aliphatic carboxylic acids is 1. The van der Waals surface area contributed by atoms with Crippen molar-refractivity contribution in [3.63, 3.8) is 0 Å². The SMILES string of the molecule is O=C(O)CC1CCCN1C1CCOC2(CCC2)C1. The van der Waals surface area contributed by atoms with Gasteiger partial charge in [-0.3, -0.25) is 9.69 Å². The van der Waals surface area contributed by atoms with Gasteiger partial charge in [0.25, 0.3) is 0 Å². The normalized spacial score (nSPS) is 35.6. The van der Waals surface area contributed by atoms with Gasteiger partial charge in [0.2, 0.25) is 0 Å². The van der Waals surface area contributed by atoms with E-state index in [1.165, 1.54) is 19.3 Å². The molecule has 2 heterocycles. The molecule has 2 unspecified atom stereocenters. The van der Waals surface area contributed by atoms with Crippen LogP contribution < -0.4 is 0 Å². The van der Waals surface area contributed by atoms with Crippen molar-refractivity contribution in [2.45, 2.75) is 69.1 Å². The molecule has 3 fully saturated rings. The van der Waals surface area contributed by atoms with Crippen molar-refractivity contribution in [1.29, 1.82) is 0 Å². The molecule has 1 N–H and O–H groups in total. The summed E-state index contributed by atoms with van der Waals surface area (Å²) in [5, 5.41) is 9.00. The molecule has 0 aromatic rings. The van der Waals surface area contributed by atoms with E-state index in [0.717, 1.165) is 38.8 Å². The van der Waals surface area contributed by atoms with Gasteiger partial charge >= 0.3 is 5.97 Å². The molecule has 0 aromatic carbocycles. The van der Waals surface area contributed by atoms with Crippen molar-refractivity contribution in [3.05, 3.63) is 0 Å². The third-order valence-corrected chi connectivity index (χ3v) is 5.03. The van der Waals surface area contributed by atoms with Crippen LogP contribution in [0.15, 0.2) is 0 Å². The summed E-state index contributed by atoms with van der Waals surface area (Å²) in [5.41, 5.74) is 0.166. The van der Waals surface area contributed by atoms with E-state index < -0.39 is 5.97 Å². The van der Waals surface area contributed by atoms with E-state index in [0.29, 0.717) is 12.5 Å². The summed E-state index contributed by atoms with van der Waals surface area (Å²) < 4.78 is 5.96. The predicted octanol–water partition coefficient (Wildman–Crippen LogP) is 2.03. The molecule has 1 saturated carbocycles. The van der Waals surface area contributed by atoms with E-state index in [1.807, 2.05) is 0 Å². The zero-order valence-electron chi connectivity index (χ0n) is 10.9. The summed E-state index contributed by atoms with van der Waals surface area (Å²) in [4.78, 5) is 13.4. The Labute approximate surface area is 108 Å². The van der Waals surface area contributed by atoms with E-state index in [2.05, 4.69) is 4.90 Å². The van der Waals surface area contributed by atoms with E-state index >= 15 is 0 Å². The third kappa shape index (κ3) is 2.28. The first kappa shape index (κ1) is 12.4. The second kappa shape index (κ2) is 4.82. The number of likely N-dealkylation sites (tertiary alicyclic amines) is 1. The standard InChI is InChI=1S/C14H23NO3/c16-13(17)9-11-3-1-7-15(11)12-4-8-18-14(10-12)5-2-6-14/h11-12H,1-10H2,(H,16,17). The minimum Gasteiger partial charge on any atom is -0.481 e. The molecule has 4 nitrogen and oxygen atoms in total. The van der Waals surface area contributed by atoms with Crippen LogP contribution in [-0.4, -0.2) is 46.8 Å². The quantitative estimate of drug-likeness (QED) is 0.836. The predicted molar refractivity (Wildman–Crippen MR) is 67.5 cm³/mol. The number of hydrogen-bond acceptors (Lipinski definition) is 3. The lowest BCUT2D eigenvalue weighted by Crippen LogP contribution is -2.53. The fraction of sp³-hybridized carbons (Fsp3) is 0.929. The average molecular weight is 253 g/mol. The lowest BCUT2D eigenvalue weighted by molar-refractivity contribution is -0.151. The molecule has 3 aliphatic rings. The number of carboxylic acid groups (broad SMARTS) is 1. The smallest absolute Gasteiger partial charge is 0.304 e. The highest BCUT2D eigenvalue weighted by molar-refractivity contribution is 5.67. The highest BCUT2D eigenvalue weighted by atomic mass is 16.5. The molecule has 0 bridgehead atoms. The molecule has 0 amide bonds. The van der Waals surface area contributed by atoms with E-state index in [-0.39, 0.29) is 11.6 Å². The van der Waals surface area contributed by atoms with Gasteiger partial charge in [-0.2, -0.15) is 0 Å². The van der Waals surface area contributed by atoms with E-state index in [1.54, 1.807) is 0 Å². The Morgan fingerprint density at radius 3 is 2.83 bits per heavy atom. The molecular formula is C14H23NO3. The first-order valence-corrected chi connectivity index (χ1v) is 7.30. The maximum Gasteiger partial charge on any atom is 0.304 e. The average Bonchev–Trinajstić information content (AvgIpc) is 2.74. The largest absolute Gasteiger partial charge is 0.481 e. The minimum atomic E-state index is -0.655. The summed E-state index contributed by atoms with van der Waals surface area (Å²) in [6, 6.07) is 0.827. The van der Waals surface area contributed by atoms with Crippen LogP contribution in [0.4, 0.5) is 0 Å². The van der Waals surface area contributed by atoms with Gasteiger partial charge in [0.1, 0.15) is 0 Å². The zero-order valence-corrected chi connectivity index (χ0v) is 10.9. The van der Waals surface area contributed by atoms with Gasteiger partial charge in [-0.25, -0.2) is 0 Å². The van der Waals surface area contributed by atoms with Crippen LogP contribution in [0, 0.1) is 0 Å².